The lowest BCUT2D eigenvalue weighted by atomic mass is 10.1. The number of carbonyl (C=O) groups is 3. The molecule has 0 saturated heterocycles. The van der Waals surface area contributed by atoms with Crippen molar-refractivity contribution in [2.75, 3.05) is 10.6 Å². The van der Waals surface area contributed by atoms with E-state index in [9.17, 15) is 27.6 Å². The Labute approximate surface area is 185 Å². The number of carboxylic acids is 1. The predicted octanol–water partition coefficient (Wildman–Crippen LogP) is 4.70. The van der Waals surface area contributed by atoms with Crippen LogP contribution in [0.4, 0.5) is 24.5 Å². The number of benzene rings is 2. The molecule has 0 saturated carbocycles. The maximum absolute atomic E-state index is 12.9. The summed E-state index contributed by atoms with van der Waals surface area (Å²) in [6.45, 7) is 0. The molecule has 0 fully saturated rings. The number of carboxylic acid groups (broad SMARTS) is 1. The molecule has 3 aromatic rings. The number of hydrogen-bond acceptors (Lipinski definition) is 4. The highest BCUT2D eigenvalue weighted by atomic mass is 19.4. The normalized spacial score (nSPS) is 11.2. The highest BCUT2D eigenvalue weighted by Gasteiger charge is 2.30. The Hall–Kier alpha value is -4.47. The summed E-state index contributed by atoms with van der Waals surface area (Å²) in [5.41, 5.74) is -0.195. The molecule has 2 aromatic carbocycles. The molecule has 3 N–H and O–H groups in total. The van der Waals surface area contributed by atoms with Gasteiger partial charge in [0.15, 0.2) is 0 Å². The van der Waals surface area contributed by atoms with Crippen molar-refractivity contribution in [1.82, 2.24) is 4.98 Å². The molecule has 3 rings (SSSR count). The molecular formula is C23H16F3N3O4. The van der Waals surface area contributed by atoms with Gasteiger partial charge in [0.05, 0.1) is 5.56 Å². The Morgan fingerprint density at radius 1 is 0.909 bits per heavy atom. The summed E-state index contributed by atoms with van der Waals surface area (Å²) in [6.07, 6.45) is -0.657. The Bertz CT molecular complexity index is 1240. The molecule has 7 nitrogen and oxygen atoms in total. The van der Waals surface area contributed by atoms with Crippen LogP contribution in [0.2, 0.25) is 0 Å². The zero-order chi connectivity index (χ0) is 24.0. The van der Waals surface area contributed by atoms with Gasteiger partial charge in [-0.15, -0.1) is 0 Å². The quantitative estimate of drug-likeness (QED) is 0.467. The average Bonchev–Trinajstić information content (AvgIpc) is 2.77. The Kier molecular flexibility index (Phi) is 6.87. The van der Waals surface area contributed by atoms with E-state index >= 15 is 0 Å². The van der Waals surface area contributed by atoms with E-state index in [1.54, 1.807) is 18.2 Å². The fourth-order valence-electron chi connectivity index (χ4n) is 2.74. The number of carbonyl (C=O) groups excluding carboxylic acids is 2. The minimum absolute atomic E-state index is 0.150. The third-order valence-corrected chi connectivity index (χ3v) is 4.27. The first-order valence-corrected chi connectivity index (χ1v) is 9.39. The monoisotopic (exact) mass is 455 g/mol. The second-order valence-corrected chi connectivity index (χ2v) is 6.72. The van der Waals surface area contributed by atoms with Crippen molar-refractivity contribution < 1.29 is 32.7 Å². The molecule has 0 radical (unpaired) electrons. The summed E-state index contributed by atoms with van der Waals surface area (Å²) in [5.74, 6) is -2.48. The van der Waals surface area contributed by atoms with Crippen LogP contribution >= 0.6 is 0 Å². The summed E-state index contributed by atoms with van der Waals surface area (Å²) in [6, 6.07) is 13.0. The van der Waals surface area contributed by atoms with Crippen molar-refractivity contribution in [2.24, 2.45) is 0 Å². The van der Waals surface area contributed by atoms with Gasteiger partial charge in [0.1, 0.15) is 5.69 Å². The third kappa shape index (κ3) is 6.50. The Morgan fingerprint density at radius 3 is 2.36 bits per heavy atom. The van der Waals surface area contributed by atoms with Crippen molar-refractivity contribution in [3.8, 4) is 0 Å². The van der Waals surface area contributed by atoms with Crippen LogP contribution in [0.3, 0.4) is 0 Å². The van der Waals surface area contributed by atoms with Crippen LogP contribution in [0.25, 0.3) is 6.08 Å². The van der Waals surface area contributed by atoms with Crippen molar-refractivity contribution in [2.45, 2.75) is 6.18 Å². The largest absolute Gasteiger partial charge is 0.477 e. The van der Waals surface area contributed by atoms with Crippen LogP contribution in [0.5, 0.6) is 0 Å². The van der Waals surface area contributed by atoms with Gasteiger partial charge in [-0.25, -0.2) is 9.78 Å². The van der Waals surface area contributed by atoms with Crippen LogP contribution < -0.4 is 10.6 Å². The lowest BCUT2D eigenvalue weighted by molar-refractivity contribution is -0.137. The summed E-state index contributed by atoms with van der Waals surface area (Å²) >= 11 is 0. The molecule has 1 heterocycles. The van der Waals surface area contributed by atoms with E-state index in [0.717, 1.165) is 18.2 Å². The minimum atomic E-state index is -4.56. The zero-order valence-corrected chi connectivity index (χ0v) is 16.8. The number of rotatable bonds is 6. The van der Waals surface area contributed by atoms with Gasteiger partial charge in [0.2, 0.25) is 5.91 Å². The molecule has 0 aliphatic heterocycles. The van der Waals surface area contributed by atoms with Crippen molar-refractivity contribution in [1.29, 1.82) is 0 Å². The molecule has 0 atom stereocenters. The Balaban J connectivity index is 1.66. The number of alkyl halides is 3. The van der Waals surface area contributed by atoms with Gasteiger partial charge in [-0.2, -0.15) is 13.2 Å². The second kappa shape index (κ2) is 9.77. The van der Waals surface area contributed by atoms with Gasteiger partial charge in [-0.05, 0) is 54.1 Å². The first-order valence-electron chi connectivity index (χ1n) is 9.39. The average molecular weight is 455 g/mol. The van der Waals surface area contributed by atoms with E-state index in [1.165, 1.54) is 42.6 Å². The van der Waals surface area contributed by atoms with Crippen molar-refractivity contribution >= 4 is 35.2 Å². The lowest BCUT2D eigenvalue weighted by Gasteiger charge is -2.09. The number of pyridine rings is 1. The van der Waals surface area contributed by atoms with Crippen LogP contribution in [0, 0.1) is 0 Å². The summed E-state index contributed by atoms with van der Waals surface area (Å²) in [7, 11) is 0. The second-order valence-electron chi connectivity index (χ2n) is 6.72. The number of hydrogen-bond donors (Lipinski definition) is 3. The van der Waals surface area contributed by atoms with E-state index in [4.69, 9.17) is 5.11 Å². The van der Waals surface area contributed by atoms with Crippen LogP contribution in [0.15, 0.2) is 72.9 Å². The molecule has 2 amide bonds. The van der Waals surface area contributed by atoms with E-state index in [2.05, 4.69) is 15.6 Å². The van der Waals surface area contributed by atoms with Crippen LogP contribution in [0.1, 0.15) is 32.0 Å². The fourth-order valence-corrected chi connectivity index (χ4v) is 2.74. The SMILES string of the molecule is O=C(C=Cc1cccc(NC(=O)c2cccc(C(F)(F)F)c2)c1)Nc1ccnc(C(=O)O)c1. The maximum atomic E-state index is 12.9. The van der Waals surface area contributed by atoms with E-state index in [-0.39, 0.29) is 16.9 Å². The standard InChI is InChI=1S/C23H16F3N3O4/c24-23(25,26)16-5-2-4-15(12-16)21(31)29-17-6-1-3-14(11-17)7-8-20(30)28-18-9-10-27-19(13-18)22(32)33/h1-13H,(H,29,31)(H,32,33)(H,27,28,30). The molecule has 33 heavy (non-hydrogen) atoms. The number of amides is 2. The third-order valence-electron chi connectivity index (χ3n) is 4.27. The summed E-state index contributed by atoms with van der Waals surface area (Å²) in [4.78, 5) is 39.0. The van der Waals surface area contributed by atoms with Crippen molar-refractivity contribution in [3.05, 3.63) is 95.3 Å². The van der Waals surface area contributed by atoms with Crippen LogP contribution in [-0.2, 0) is 11.0 Å². The van der Waals surface area contributed by atoms with E-state index in [0.29, 0.717) is 11.3 Å². The highest BCUT2D eigenvalue weighted by Crippen LogP contribution is 2.29. The van der Waals surface area contributed by atoms with Crippen LogP contribution in [-0.4, -0.2) is 27.9 Å². The van der Waals surface area contributed by atoms with Gasteiger partial charge in [0.25, 0.3) is 5.91 Å². The number of aromatic nitrogens is 1. The first kappa shape index (κ1) is 23.2. The van der Waals surface area contributed by atoms with Gasteiger partial charge >= 0.3 is 12.1 Å². The summed E-state index contributed by atoms with van der Waals surface area (Å²) < 4.78 is 38.6. The molecule has 0 unspecified atom stereocenters. The zero-order valence-electron chi connectivity index (χ0n) is 16.8. The van der Waals surface area contributed by atoms with Gasteiger partial charge in [-0.1, -0.05) is 18.2 Å². The number of aromatic carboxylic acids is 1. The first-order chi connectivity index (χ1) is 15.6. The van der Waals surface area contributed by atoms with E-state index in [1.807, 2.05) is 0 Å². The van der Waals surface area contributed by atoms with Gasteiger partial charge in [-0.3, -0.25) is 9.59 Å². The molecule has 168 valence electrons. The molecule has 1 aromatic heterocycles. The minimum Gasteiger partial charge on any atom is -0.477 e. The number of halogens is 3. The molecule has 0 aliphatic carbocycles. The predicted molar refractivity (Wildman–Crippen MR) is 115 cm³/mol. The fraction of sp³-hybridized carbons (Fsp3) is 0.0435. The lowest BCUT2D eigenvalue weighted by Crippen LogP contribution is -2.14. The number of nitrogens with zero attached hydrogens (tertiary/aromatic N) is 1. The van der Waals surface area contributed by atoms with E-state index < -0.39 is 29.5 Å². The van der Waals surface area contributed by atoms with Crippen molar-refractivity contribution in [3.63, 3.8) is 0 Å². The number of nitrogens with one attached hydrogen (secondary N) is 2. The van der Waals surface area contributed by atoms with Gasteiger partial charge < -0.3 is 15.7 Å². The summed E-state index contributed by atoms with van der Waals surface area (Å²) in [5, 5.41) is 14.0. The molecule has 0 spiro atoms. The molecule has 0 aliphatic rings. The smallest absolute Gasteiger partial charge is 0.416 e. The maximum Gasteiger partial charge on any atom is 0.416 e. The topological polar surface area (TPSA) is 108 Å². The van der Waals surface area contributed by atoms with Gasteiger partial charge in [0, 0.05) is 29.2 Å². The molecule has 0 bridgehead atoms. The molecular weight excluding hydrogens is 439 g/mol. The Morgan fingerprint density at radius 2 is 1.64 bits per heavy atom. The highest BCUT2D eigenvalue weighted by molar-refractivity contribution is 6.05. The number of anilines is 2. The molecule has 10 heteroatoms.